The Morgan fingerprint density at radius 2 is 1.95 bits per heavy atom. The molecule has 2 aromatic rings. The van der Waals surface area contributed by atoms with Crippen LogP contribution in [0.5, 0.6) is 0 Å². The van der Waals surface area contributed by atoms with Crippen LogP contribution in [0.1, 0.15) is 23.9 Å². The standard InChI is InChI=1S/C13H12F3N3O2/c14-13(15,16)8-3-1-7(2-4-8)11-18-12(21-19-11)10-5-9(20)6-17-10/h1-4,9-10,17,20H,5-6H2/t9-,10-/m1/s1. The molecule has 5 nitrogen and oxygen atoms in total. The van der Waals surface area contributed by atoms with E-state index in [9.17, 15) is 18.3 Å². The van der Waals surface area contributed by atoms with Crippen molar-refractivity contribution in [2.45, 2.75) is 24.7 Å². The summed E-state index contributed by atoms with van der Waals surface area (Å²) in [4.78, 5) is 4.16. The minimum atomic E-state index is -4.37. The molecule has 1 aromatic heterocycles. The molecule has 8 heteroatoms. The Hall–Kier alpha value is -1.93. The average molecular weight is 299 g/mol. The minimum absolute atomic E-state index is 0.224. The van der Waals surface area contributed by atoms with E-state index >= 15 is 0 Å². The molecule has 2 N–H and O–H groups in total. The Morgan fingerprint density at radius 3 is 2.52 bits per heavy atom. The van der Waals surface area contributed by atoms with Crippen molar-refractivity contribution in [3.63, 3.8) is 0 Å². The number of benzene rings is 1. The number of aliphatic hydroxyl groups is 1. The topological polar surface area (TPSA) is 71.2 Å². The second kappa shape index (κ2) is 5.12. The summed E-state index contributed by atoms with van der Waals surface area (Å²) in [5.74, 6) is 0.545. The van der Waals surface area contributed by atoms with E-state index in [1.807, 2.05) is 0 Å². The van der Waals surface area contributed by atoms with E-state index in [-0.39, 0.29) is 11.9 Å². The number of alkyl halides is 3. The lowest BCUT2D eigenvalue weighted by Gasteiger charge is -2.05. The van der Waals surface area contributed by atoms with Crippen LogP contribution in [0.2, 0.25) is 0 Å². The number of aliphatic hydroxyl groups excluding tert-OH is 1. The Balaban J connectivity index is 1.80. The van der Waals surface area contributed by atoms with Gasteiger partial charge in [-0.1, -0.05) is 17.3 Å². The van der Waals surface area contributed by atoms with Gasteiger partial charge in [0.2, 0.25) is 11.7 Å². The summed E-state index contributed by atoms with van der Waals surface area (Å²) >= 11 is 0. The summed E-state index contributed by atoms with van der Waals surface area (Å²) in [7, 11) is 0. The van der Waals surface area contributed by atoms with E-state index < -0.39 is 17.8 Å². The Labute approximate surface area is 117 Å². The van der Waals surface area contributed by atoms with Gasteiger partial charge in [0.1, 0.15) is 0 Å². The molecule has 1 saturated heterocycles. The Kier molecular flexibility index (Phi) is 3.42. The second-order valence-electron chi connectivity index (χ2n) is 4.88. The molecular weight excluding hydrogens is 287 g/mol. The van der Waals surface area contributed by atoms with Crippen LogP contribution in [0.4, 0.5) is 13.2 Å². The van der Waals surface area contributed by atoms with Crippen molar-refractivity contribution in [3.05, 3.63) is 35.7 Å². The van der Waals surface area contributed by atoms with Crippen molar-refractivity contribution in [2.75, 3.05) is 6.54 Å². The van der Waals surface area contributed by atoms with Crippen LogP contribution in [0, 0.1) is 0 Å². The van der Waals surface area contributed by atoms with Gasteiger partial charge in [-0.25, -0.2) is 0 Å². The van der Waals surface area contributed by atoms with E-state index in [1.165, 1.54) is 12.1 Å². The molecule has 21 heavy (non-hydrogen) atoms. The summed E-state index contributed by atoms with van der Waals surface area (Å²) in [6, 6.07) is 4.32. The van der Waals surface area contributed by atoms with Gasteiger partial charge >= 0.3 is 6.18 Å². The van der Waals surface area contributed by atoms with Crippen LogP contribution in [-0.4, -0.2) is 27.9 Å². The number of β-amino-alcohol motifs (C(OH)–C–C–N with tert-alkyl or cyclic N) is 1. The molecule has 0 amide bonds. The number of nitrogens with one attached hydrogen (secondary N) is 1. The zero-order valence-electron chi connectivity index (χ0n) is 10.8. The summed E-state index contributed by atoms with van der Waals surface area (Å²) < 4.78 is 42.5. The molecule has 1 aliphatic rings. The lowest BCUT2D eigenvalue weighted by molar-refractivity contribution is -0.137. The fourth-order valence-electron chi connectivity index (χ4n) is 2.21. The first-order valence-corrected chi connectivity index (χ1v) is 6.36. The molecule has 1 aliphatic heterocycles. The van der Waals surface area contributed by atoms with Gasteiger partial charge in [-0.15, -0.1) is 0 Å². The molecule has 2 heterocycles. The maximum atomic E-state index is 12.5. The number of halogens is 3. The highest BCUT2D eigenvalue weighted by molar-refractivity contribution is 5.54. The molecule has 3 rings (SSSR count). The molecule has 1 fully saturated rings. The van der Waals surface area contributed by atoms with Gasteiger partial charge < -0.3 is 14.9 Å². The van der Waals surface area contributed by atoms with Gasteiger partial charge in [0.25, 0.3) is 0 Å². The third-order valence-corrected chi connectivity index (χ3v) is 3.32. The smallest absolute Gasteiger partial charge is 0.392 e. The summed E-state index contributed by atoms with van der Waals surface area (Å²) in [5, 5.41) is 16.2. The molecule has 0 saturated carbocycles. The number of hydrogen-bond donors (Lipinski definition) is 2. The van der Waals surface area contributed by atoms with Crippen molar-refractivity contribution in [3.8, 4) is 11.4 Å². The molecule has 2 atom stereocenters. The van der Waals surface area contributed by atoms with Gasteiger partial charge in [-0.05, 0) is 18.6 Å². The quantitative estimate of drug-likeness (QED) is 0.889. The zero-order valence-corrected chi connectivity index (χ0v) is 10.8. The number of aromatic nitrogens is 2. The monoisotopic (exact) mass is 299 g/mol. The molecule has 1 aromatic carbocycles. The van der Waals surface area contributed by atoms with Gasteiger partial charge in [-0.3, -0.25) is 0 Å². The first-order valence-electron chi connectivity index (χ1n) is 6.36. The van der Waals surface area contributed by atoms with Gasteiger partial charge in [0.05, 0.1) is 17.7 Å². The molecule has 112 valence electrons. The largest absolute Gasteiger partial charge is 0.416 e. The maximum absolute atomic E-state index is 12.5. The van der Waals surface area contributed by atoms with Crippen LogP contribution < -0.4 is 5.32 Å². The first kappa shape index (κ1) is 14.0. The highest BCUT2D eigenvalue weighted by Gasteiger charge is 2.31. The van der Waals surface area contributed by atoms with Crippen molar-refractivity contribution in [1.29, 1.82) is 0 Å². The van der Waals surface area contributed by atoms with E-state index in [4.69, 9.17) is 4.52 Å². The number of nitrogens with zero attached hydrogens (tertiary/aromatic N) is 2. The van der Waals surface area contributed by atoms with Crippen LogP contribution >= 0.6 is 0 Å². The predicted octanol–water partition coefficient (Wildman–Crippen LogP) is 2.15. The number of hydrogen-bond acceptors (Lipinski definition) is 5. The zero-order chi connectivity index (χ0) is 15.0. The van der Waals surface area contributed by atoms with Crippen molar-refractivity contribution in [2.24, 2.45) is 0 Å². The van der Waals surface area contributed by atoms with Crippen molar-refractivity contribution < 1.29 is 22.8 Å². The van der Waals surface area contributed by atoms with E-state index in [0.717, 1.165) is 12.1 Å². The van der Waals surface area contributed by atoms with Crippen LogP contribution in [0.25, 0.3) is 11.4 Å². The van der Waals surface area contributed by atoms with Crippen molar-refractivity contribution in [1.82, 2.24) is 15.5 Å². The van der Waals surface area contributed by atoms with Gasteiger partial charge in [-0.2, -0.15) is 18.2 Å². The Morgan fingerprint density at radius 1 is 1.24 bits per heavy atom. The SMILES string of the molecule is O[C@H]1CN[C@@H](c2nc(-c3ccc(C(F)(F)F)cc3)no2)C1. The average Bonchev–Trinajstić information content (AvgIpc) is 3.06. The summed E-state index contributed by atoms with van der Waals surface area (Å²) in [5.41, 5.74) is -0.285. The molecular formula is C13H12F3N3O2. The highest BCUT2D eigenvalue weighted by atomic mass is 19.4. The van der Waals surface area contributed by atoms with Crippen LogP contribution in [0.3, 0.4) is 0 Å². The minimum Gasteiger partial charge on any atom is -0.392 e. The highest BCUT2D eigenvalue weighted by Crippen LogP contribution is 2.31. The predicted molar refractivity (Wildman–Crippen MR) is 66.1 cm³/mol. The summed E-state index contributed by atoms with van der Waals surface area (Å²) in [6.45, 7) is 0.447. The fraction of sp³-hybridized carbons (Fsp3) is 0.385. The maximum Gasteiger partial charge on any atom is 0.416 e. The second-order valence-corrected chi connectivity index (χ2v) is 4.88. The molecule has 0 bridgehead atoms. The Bertz CT molecular complexity index is 624. The third-order valence-electron chi connectivity index (χ3n) is 3.32. The number of rotatable bonds is 2. The van der Waals surface area contributed by atoms with E-state index in [0.29, 0.717) is 24.4 Å². The van der Waals surface area contributed by atoms with E-state index in [1.54, 1.807) is 0 Å². The lowest BCUT2D eigenvalue weighted by Crippen LogP contribution is -2.15. The normalized spacial score (nSPS) is 22.7. The molecule has 0 radical (unpaired) electrons. The van der Waals surface area contributed by atoms with Gasteiger partial charge in [0, 0.05) is 12.1 Å². The van der Waals surface area contributed by atoms with Crippen molar-refractivity contribution >= 4 is 0 Å². The first-order chi connectivity index (χ1) is 9.93. The lowest BCUT2D eigenvalue weighted by atomic mass is 10.1. The summed E-state index contributed by atoms with van der Waals surface area (Å²) in [6.07, 6.45) is -4.36. The third kappa shape index (κ3) is 2.91. The van der Waals surface area contributed by atoms with Crippen LogP contribution in [-0.2, 0) is 6.18 Å². The molecule has 0 unspecified atom stereocenters. The van der Waals surface area contributed by atoms with Crippen LogP contribution in [0.15, 0.2) is 28.8 Å². The van der Waals surface area contributed by atoms with Gasteiger partial charge in [0.15, 0.2) is 0 Å². The molecule has 0 spiro atoms. The fourth-order valence-corrected chi connectivity index (χ4v) is 2.21. The molecule has 0 aliphatic carbocycles. The van der Waals surface area contributed by atoms with E-state index in [2.05, 4.69) is 15.5 Å².